The van der Waals surface area contributed by atoms with E-state index in [4.69, 9.17) is 5.73 Å². The molecule has 0 saturated heterocycles. The van der Waals surface area contributed by atoms with Crippen LogP contribution in [-0.4, -0.2) is 16.3 Å². The van der Waals surface area contributed by atoms with Gasteiger partial charge in [-0.3, -0.25) is 4.68 Å². The summed E-state index contributed by atoms with van der Waals surface area (Å²) in [4.78, 5) is 2.32. The van der Waals surface area contributed by atoms with Gasteiger partial charge >= 0.3 is 0 Å². The van der Waals surface area contributed by atoms with E-state index in [0.29, 0.717) is 0 Å². The summed E-state index contributed by atoms with van der Waals surface area (Å²) in [6.07, 6.45) is 0.977. The monoisotopic (exact) mass is 272 g/mol. The maximum atomic E-state index is 5.88. The Morgan fingerprint density at radius 1 is 1.20 bits per heavy atom. The molecule has 0 spiro atoms. The van der Waals surface area contributed by atoms with Crippen molar-refractivity contribution >= 4 is 11.4 Å². The van der Waals surface area contributed by atoms with Gasteiger partial charge in [-0.15, -0.1) is 0 Å². The van der Waals surface area contributed by atoms with Gasteiger partial charge in [0.05, 0.1) is 17.9 Å². The Kier molecular flexibility index (Phi) is 4.66. The van der Waals surface area contributed by atoms with Crippen LogP contribution in [0.2, 0.25) is 0 Å². The van der Waals surface area contributed by atoms with Gasteiger partial charge in [0, 0.05) is 24.5 Å². The van der Waals surface area contributed by atoms with Crippen molar-refractivity contribution in [3.8, 4) is 0 Å². The minimum absolute atomic E-state index is 0.805. The van der Waals surface area contributed by atoms with Gasteiger partial charge < -0.3 is 10.6 Å². The fourth-order valence-electron chi connectivity index (χ4n) is 2.39. The van der Waals surface area contributed by atoms with Crippen molar-refractivity contribution in [2.75, 3.05) is 17.2 Å². The molecule has 0 saturated carbocycles. The van der Waals surface area contributed by atoms with Crippen LogP contribution in [0.1, 0.15) is 32.2 Å². The average Bonchev–Trinajstić information content (AvgIpc) is 2.87. The van der Waals surface area contributed by atoms with Gasteiger partial charge in [0.1, 0.15) is 0 Å². The molecule has 0 radical (unpaired) electrons. The van der Waals surface area contributed by atoms with Crippen LogP contribution < -0.4 is 10.6 Å². The van der Waals surface area contributed by atoms with Crippen molar-refractivity contribution in [2.24, 2.45) is 0 Å². The summed E-state index contributed by atoms with van der Waals surface area (Å²) in [5, 5.41) is 4.61. The molecule has 2 rings (SSSR count). The zero-order valence-corrected chi connectivity index (χ0v) is 12.6. The summed E-state index contributed by atoms with van der Waals surface area (Å²) in [6, 6.07) is 10.3. The minimum atomic E-state index is 0.805. The number of aromatic nitrogens is 2. The fraction of sp³-hybridized carbons (Fsp3) is 0.438. The molecule has 1 aromatic heterocycles. The molecule has 0 aliphatic rings. The average molecular weight is 272 g/mol. The van der Waals surface area contributed by atoms with Crippen molar-refractivity contribution in [1.29, 1.82) is 0 Å². The fourth-order valence-corrected chi connectivity index (χ4v) is 2.39. The summed E-state index contributed by atoms with van der Waals surface area (Å²) in [7, 11) is 0. The van der Waals surface area contributed by atoms with Crippen molar-refractivity contribution in [3.63, 3.8) is 0 Å². The maximum absolute atomic E-state index is 5.88. The van der Waals surface area contributed by atoms with Gasteiger partial charge in [0.25, 0.3) is 0 Å². The number of aryl methyl sites for hydroxylation is 2. The van der Waals surface area contributed by atoms with E-state index in [2.05, 4.69) is 47.6 Å². The third-order valence-corrected chi connectivity index (χ3v) is 3.55. The van der Waals surface area contributed by atoms with Gasteiger partial charge in [0.15, 0.2) is 0 Å². The topological polar surface area (TPSA) is 47.1 Å². The molecular weight excluding hydrogens is 248 g/mol. The molecule has 2 aromatic rings. The zero-order chi connectivity index (χ0) is 14.5. The predicted molar refractivity (Wildman–Crippen MR) is 84.9 cm³/mol. The van der Waals surface area contributed by atoms with Crippen LogP contribution in [0, 0.1) is 0 Å². The molecule has 0 fully saturated rings. The van der Waals surface area contributed by atoms with Crippen LogP contribution in [0.4, 0.5) is 11.4 Å². The van der Waals surface area contributed by atoms with E-state index >= 15 is 0 Å². The van der Waals surface area contributed by atoms with Crippen LogP contribution >= 0.6 is 0 Å². The van der Waals surface area contributed by atoms with Crippen LogP contribution in [0.25, 0.3) is 0 Å². The number of nitrogens with two attached hydrogens (primary N) is 1. The first-order valence-corrected chi connectivity index (χ1v) is 7.34. The smallest absolute Gasteiger partial charge is 0.0625 e. The molecule has 0 amide bonds. The maximum Gasteiger partial charge on any atom is 0.0625 e. The van der Waals surface area contributed by atoms with Crippen LogP contribution in [-0.2, 0) is 19.5 Å². The molecule has 20 heavy (non-hydrogen) atoms. The van der Waals surface area contributed by atoms with Crippen LogP contribution in [0.15, 0.2) is 30.3 Å². The number of hydrogen-bond acceptors (Lipinski definition) is 3. The highest BCUT2D eigenvalue weighted by molar-refractivity contribution is 5.55. The standard InChI is InChI=1S/C16H24N4/c1-4-14-11-16(20(6-3)18-14)12-19(5-2)15-9-7-8-13(17)10-15/h7-11H,4-6,12,17H2,1-3H3. The number of benzene rings is 1. The Morgan fingerprint density at radius 2 is 2.00 bits per heavy atom. The zero-order valence-electron chi connectivity index (χ0n) is 12.6. The molecule has 0 atom stereocenters. The summed E-state index contributed by atoms with van der Waals surface area (Å²) < 4.78 is 2.09. The number of anilines is 2. The number of nitrogen functional groups attached to an aromatic ring is 1. The second-order valence-electron chi connectivity index (χ2n) is 4.91. The SMILES string of the molecule is CCc1cc(CN(CC)c2cccc(N)c2)n(CC)n1. The summed E-state index contributed by atoms with van der Waals surface area (Å²) >= 11 is 0. The first-order valence-electron chi connectivity index (χ1n) is 7.34. The Morgan fingerprint density at radius 3 is 2.60 bits per heavy atom. The lowest BCUT2D eigenvalue weighted by atomic mass is 10.2. The molecule has 0 unspecified atom stereocenters. The Balaban J connectivity index is 2.24. The molecular formula is C16H24N4. The number of nitrogens with zero attached hydrogens (tertiary/aromatic N) is 3. The molecule has 0 aliphatic carbocycles. The highest BCUT2D eigenvalue weighted by atomic mass is 15.3. The Bertz CT molecular complexity index is 559. The Hall–Kier alpha value is -1.97. The molecule has 2 N–H and O–H groups in total. The second-order valence-corrected chi connectivity index (χ2v) is 4.91. The van der Waals surface area contributed by atoms with Gasteiger partial charge in [-0.05, 0) is 44.5 Å². The first kappa shape index (κ1) is 14.4. The van der Waals surface area contributed by atoms with Gasteiger partial charge in [-0.25, -0.2) is 0 Å². The summed E-state index contributed by atoms with van der Waals surface area (Å²) in [5.74, 6) is 0. The van der Waals surface area contributed by atoms with E-state index < -0.39 is 0 Å². The van der Waals surface area contributed by atoms with E-state index in [1.54, 1.807) is 0 Å². The largest absolute Gasteiger partial charge is 0.399 e. The van der Waals surface area contributed by atoms with Crippen molar-refractivity contribution in [3.05, 3.63) is 41.7 Å². The van der Waals surface area contributed by atoms with E-state index in [1.807, 2.05) is 18.2 Å². The molecule has 4 nitrogen and oxygen atoms in total. The lowest BCUT2D eigenvalue weighted by molar-refractivity contribution is 0.605. The quantitative estimate of drug-likeness (QED) is 0.822. The highest BCUT2D eigenvalue weighted by Gasteiger charge is 2.11. The van der Waals surface area contributed by atoms with Gasteiger partial charge in [-0.2, -0.15) is 5.10 Å². The van der Waals surface area contributed by atoms with Crippen LogP contribution in [0.3, 0.4) is 0 Å². The predicted octanol–water partition coefficient (Wildman–Crippen LogP) is 3.07. The molecule has 0 bridgehead atoms. The van der Waals surface area contributed by atoms with E-state index in [0.717, 1.165) is 43.1 Å². The van der Waals surface area contributed by atoms with Crippen LogP contribution in [0.5, 0.6) is 0 Å². The van der Waals surface area contributed by atoms with E-state index in [9.17, 15) is 0 Å². The lowest BCUT2D eigenvalue weighted by Crippen LogP contribution is -2.23. The third kappa shape index (κ3) is 3.13. The lowest BCUT2D eigenvalue weighted by Gasteiger charge is -2.23. The van der Waals surface area contributed by atoms with E-state index in [1.165, 1.54) is 5.69 Å². The number of hydrogen-bond donors (Lipinski definition) is 1. The first-order chi connectivity index (χ1) is 9.67. The molecule has 0 aliphatic heterocycles. The van der Waals surface area contributed by atoms with Gasteiger partial charge in [0.2, 0.25) is 0 Å². The molecule has 4 heteroatoms. The highest BCUT2D eigenvalue weighted by Crippen LogP contribution is 2.20. The van der Waals surface area contributed by atoms with Crippen molar-refractivity contribution in [1.82, 2.24) is 9.78 Å². The van der Waals surface area contributed by atoms with Gasteiger partial charge in [-0.1, -0.05) is 13.0 Å². The van der Waals surface area contributed by atoms with Crippen molar-refractivity contribution < 1.29 is 0 Å². The van der Waals surface area contributed by atoms with Crippen molar-refractivity contribution in [2.45, 2.75) is 40.3 Å². The number of rotatable bonds is 6. The summed E-state index contributed by atoms with van der Waals surface area (Å²) in [5.41, 5.74) is 10.3. The third-order valence-electron chi connectivity index (χ3n) is 3.55. The normalized spacial score (nSPS) is 10.8. The minimum Gasteiger partial charge on any atom is -0.399 e. The molecule has 1 heterocycles. The molecule has 108 valence electrons. The molecule has 1 aromatic carbocycles. The van der Waals surface area contributed by atoms with E-state index in [-0.39, 0.29) is 0 Å². The Labute approximate surface area is 121 Å². The summed E-state index contributed by atoms with van der Waals surface area (Å²) in [6.45, 7) is 9.15. The second kappa shape index (κ2) is 6.46.